The molecule has 0 aromatic heterocycles. The molecule has 1 aliphatic carbocycles. The highest BCUT2D eigenvalue weighted by Crippen LogP contribution is 2.44. The number of fused-ring (bicyclic) bond motifs is 3. The van der Waals surface area contributed by atoms with Gasteiger partial charge in [-0.25, -0.2) is 14.0 Å². The van der Waals surface area contributed by atoms with Gasteiger partial charge in [0.25, 0.3) is 0 Å². The third-order valence-electron chi connectivity index (χ3n) is 7.34. The zero-order valence-electron chi connectivity index (χ0n) is 24.0. The van der Waals surface area contributed by atoms with Crippen molar-refractivity contribution in [1.29, 1.82) is 0 Å². The number of ketones is 1. The highest BCUT2D eigenvalue weighted by molar-refractivity contribution is 6.14. The Labute approximate surface area is 252 Å². The standard InChI is InChI=1S/C34H29FN2O7/c1-42-22-14-15-29(27(17-22)32(39)20-8-7-9-21(35)16-20)36-31(38)18-30(33(40)43-2)37-34(41)44-19-28-25-12-5-3-10-23(25)24-11-4-6-13-26(24)28/h3-17,28,30H,18-19H2,1-2H3,(H,36,38)(H,37,41)/t30-/m0/s1. The number of rotatable bonds is 10. The van der Waals surface area contributed by atoms with Crippen molar-refractivity contribution in [1.82, 2.24) is 5.32 Å². The number of carbonyl (C=O) groups excluding carboxylic acids is 4. The van der Waals surface area contributed by atoms with Crippen LogP contribution in [0.15, 0.2) is 91.0 Å². The SMILES string of the molecule is COC(=O)[C@H](CC(=O)Nc1ccc(OC)cc1C(=O)c1cccc(F)c1)NC(=O)OCC1c2ccccc2-c2ccccc21. The van der Waals surface area contributed by atoms with Crippen molar-refractivity contribution < 1.29 is 37.8 Å². The van der Waals surface area contributed by atoms with E-state index in [0.29, 0.717) is 5.75 Å². The first-order valence-corrected chi connectivity index (χ1v) is 13.8. The van der Waals surface area contributed by atoms with Crippen LogP contribution in [0.1, 0.15) is 39.4 Å². The molecule has 0 saturated heterocycles. The number of hydrogen-bond acceptors (Lipinski definition) is 7. The van der Waals surface area contributed by atoms with Crippen LogP contribution >= 0.6 is 0 Å². The van der Waals surface area contributed by atoms with Crippen molar-refractivity contribution in [2.24, 2.45) is 0 Å². The molecule has 0 aliphatic heterocycles. The molecular formula is C34H29FN2O7. The summed E-state index contributed by atoms with van der Waals surface area (Å²) in [5.74, 6) is -2.56. The summed E-state index contributed by atoms with van der Waals surface area (Å²) in [6, 6.07) is 23.9. The average Bonchev–Trinajstić information content (AvgIpc) is 3.36. The number of esters is 1. The monoisotopic (exact) mass is 596 g/mol. The Morgan fingerprint density at radius 3 is 2.16 bits per heavy atom. The number of halogens is 1. The van der Waals surface area contributed by atoms with Gasteiger partial charge in [0.15, 0.2) is 5.78 Å². The van der Waals surface area contributed by atoms with Crippen LogP contribution < -0.4 is 15.4 Å². The van der Waals surface area contributed by atoms with Gasteiger partial charge in [0.05, 0.1) is 26.3 Å². The summed E-state index contributed by atoms with van der Waals surface area (Å²) in [5, 5.41) is 5.02. The molecule has 44 heavy (non-hydrogen) atoms. The van der Waals surface area contributed by atoms with Gasteiger partial charge in [0.2, 0.25) is 5.91 Å². The van der Waals surface area contributed by atoms with Crippen LogP contribution in [0.25, 0.3) is 11.1 Å². The van der Waals surface area contributed by atoms with Crippen LogP contribution in [0.3, 0.4) is 0 Å². The quantitative estimate of drug-likeness (QED) is 0.184. The molecular weight excluding hydrogens is 567 g/mol. The number of hydrogen-bond donors (Lipinski definition) is 2. The van der Waals surface area contributed by atoms with Gasteiger partial charge in [-0.1, -0.05) is 60.7 Å². The van der Waals surface area contributed by atoms with Crippen LogP contribution in [-0.2, 0) is 19.1 Å². The lowest BCUT2D eigenvalue weighted by Gasteiger charge is -2.19. The van der Waals surface area contributed by atoms with Gasteiger partial charge in [-0.05, 0) is 52.6 Å². The highest BCUT2D eigenvalue weighted by atomic mass is 19.1. The lowest BCUT2D eigenvalue weighted by molar-refractivity contribution is -0.144. The number of alkyl carbamates (subject to hydrolysis) is 1. The Balaban J connectivity index is 1.27. The second kappa shape index (κ2) is 13.2. The summed E-state index contributed by atoms with van der Waals surface area (Å²) in [4.78, 5) is 51.6. The summed E-state index contributed by atoms with van der Waals surface area (Å²) in [7, 11) is 2.55. The van der Waals surface area contributed by atoms with Gasteiger partial charge in [-0.3, -0.25) is 9.59 Å². The summed E-state index contributed by atoms with van der Waals surface area (Å²) >= 11 is 0. The molecule has 5 rings (SSSR count). The van der Waals surface area contributed by atoms with E-state index < -0.39 is 42.0 Å². The van der Waals surface area contributed by atoms with E-state index >= 15 is 0 Å². The summed E-state index contributed by atoms with van der Waals surface area (Å²) in [6.45, 7) is 0.0113. The van der Waals surface area contributed by atoms with E-state index in [9.17, 15) is 23.6 Å². The fourth-order valence-electron chi connectivity index (χ4n) is 5.24. The van der Waals surface area contributed by atoms with Crippen molar-refractivity contribution in [2.45, 2.75) is 18.4 Å². The molecule has 0 unspecified atom stereocenters. The van der Waals surface area contributed by atoms with Crippen LogP contribution in [0.2, 0.25) is 0 Å². The molecule has 0 bridgehead atoms. The number of anilines is 1. The number of nitrogens with one attached hydrogen (secondary N) is 2. The van der Waals surface area contributed by atoms with Crippen LogP contribution in [0.5, 0.6) is 5.75 Å². The summed E-state index contributed by atoms with van der Waals surface area (Å²) < 4.78 is 29.3. The van der Waals surface area contributed by atoms with E-state index in [1.165, 1.54) is 43.5 Å². The molecule has 4 aromatic rings. The van der Waals surface area contributed by atoms with E-state index in [0.717, 1.165) is 35.4 Å². The maximum atomic E-state index is 13.8. The van der Waals surface area contributed by atoms with E-state index in [1.54, 1.807) is 0 Å². The number of carbonyl (C=O) groups is 4. The Hall–Kier alpha value is -5.51. The maximum absolute atomic E-state index is 13.8. The van der Waals surface area contributed by atoms with Gasteiger partial charge in [-0.15, -0.1) is 0 Å². The summed E-state index contributed by atoms with van der Waals surface area (Å²) in [6.07, 6.45) is -1.42. The fraction of sp³-hybridized carbons (Fsp3) is 0.176. The van der Waals surface area contributed by atoms with Crippen LogP contribution in [0, 0.1) is 5.82 Å². The van der Waals surface area contributed by atoms with Gasteiger partial charge in [0, 0.05) is 17.0 Å². The molecule has 1 aliphatic rings. The highest BCUT2D eigenvalue weighted by Gasteiger charge is 2.31. The summed E-state index contributed by atoms with van der Waals surface area (Å²) in [5.41, 5.74) is 4.39. The molecule has 10 heteroatoms. The zero-order chi connectivity index (χ0) is 31.2. The molecule has 1 atom stereocenters. The maximum Gasteiger partial charge on any atom is 0.407 e. The van der Waals surface area contributed by atoms with Crippen molar-refractivity contribution in [3.05, 3.63) is 119 Å². The van der Waals surface area contributed by atoms with E-state index in [1.807, 2.05) is 48.5 Å². The normalized spacial score (nSPS) is 12.3. The first-order chi connectivity index (χ1) is 21.3. The van der Waals surface area contributed by atoms with Crippen LogP contribution in [0.4, 0.5) is 14.9 Å². The van der Waals surface area contributed by atoms with Crippen molar-refractivity contribution in [3.63, 3.8) is 0 Å². The number of benzene rings is 4. The second-order valence-corrected chi connectivity index (χ2v) is 10.0. The second-order valence-electron chi connectivity index (χ2n) is 10.0. The third-order valence-corrected chi connectivity index (χ3v) is 7.34. The van der Waals surface area contributed by atoms with Gasteiger partial charge < -0.3 is 24.8 Å². The molecule has 0 heterocycles. The van der Waals surface area contributed by atoms with Crippen molar-refractivity contribution in [2.75, 3.05) is 26.1 Å². The Morgan fingerprint density at radius 2 is 1.52 bits per heavy atom. The molecule has 9 nitrogen and oxygen atoms in total. The number of methoxy groups -OCH3 is 2. The van der Waals surface area contributed by atoms with Gasteiger partial charge in [-0.2, -0.15) is 0 Å². The number of amides is 2. The molecule has 0 fully saturated rings. The molecule has 2 amide bonds. The van der Waals surface area contributed by atoms with E-state index in [-0.39, 0.29) is 29.3 Å². The van der Waals surface area contributed by atoms with E-state index in [2.05, 4.69) is 10.6 Å². The smallest absolute Gasteiger partial charge is 0.407 e. The first-order valence-electron chi connectivity index (χ1n) is 13.8. The van der Waals surface area contributed by atoms with Crippen molar-refractivity contribution >= 4 is 29.4 Å². The van der Waals surface area contributed by atoms with E-state index in [4.69, 9.17) is 14.2 Å². The predicted molar refractivity (Wildman–Crippen MR) is 160 cm³/mol. The fourth-order valence-corrected chi connectivity index (χ4v) is 5.24. The van der Waals surface area contributed by atoms with Crippen molar-refractivity contribution in [3.8, 4) is 16.9 Å². The minimum absolute atomic E-state index is 0.0113. The Bertz CT molecular complexity index is 1690. The molecule has 224 valence electrons. The lowest BCUT2D eigenvalue weighted by Crippen LogP contribution is -2.44. The molecule has 0 radical (unpaired) electrons. The minimum atomic E-state index is -1.38. The van der Waals surface area contributed by atoms with Crippen LogP contribution in [-0.4, -0.2) is 50.6 Å². The third kappa shape index (κ3) is 6.44. The van der Waals surface area contributed by atoms with Gasteiger partial charge >= 0.3 is 12.1 Å². The lowest BCUT2D eigenvalue weighted by atomic mass is 9.98. The average molecular weight is 597 g/mol. The minimum Gasteiger partial charge on any atom is -0.497 e. The topological polar surface area (TPSA) is 120 Å². The predicted octanol–water partition coefficient (Wildman–Crippen LogP) is 5.47. The first kappa shape index (κ1) is 30.0. The number of ether oxygens (including phenoxy) is 3. The Morgan fingerprint density at radius 1 is 0.841 bits per heavy atom. The molecule has 0 saturated carbocycles. The zero-order valence-corrected chi connectivity index (χ0v) is 24.0. The molecule has 4 aromatic carbocycles. The van der Waals surface area contributed by atoms with Gasteiger partial charge in [0.1, 0.15) is 24.2 Å². The Kier molecular flexibility index (Phi) is 8.99. The largest absolute Gasteiger partial charge is 0.497 e. The molecule has 0 spiro atoms. The molecule has 2 N–H and O–H groups in total.